The van der Waals surface area contributed by atoms with Crippen LogP contribution in [0.3, 0.4) is 0 Å². The molecule has 4 saturated carbocycles. The number of alkyl halides is 1. The van der Waals surface area contributed by atoms with Gasteiger partial charge >= 0.3 is 0 Å². The van der Waals surface area contributed by atoms with E-state index in [9.17, 15) is 4.79 Å². The summed E-state index contributed by atoms with van der Waals surface area (Å²) in [7, 11) is 0. The Morgan fingerprint density at radius 2 is 1.83 bits per heavy atom. The monoisotopic (exact) mass is 329 g/mol. The third kappa shape index (κ3) is 2.25. The topological polar surface area (TPSA) is 29.1 Å². The normalized spacial score (nSPS) is 40.2. The van der Waals surface area contributed by atoms with E-state index in [2.05, 4.69) is 23.5 Å². The lowest BCUT2D eigenvalue weighted by Crippen LogP contribution is -2.57. The van der Waals surface area contributed by atoms with Gasteiger partial charge in [-0.2, -0.15) is 0 Å². The third-order valence-electron chi connectivity index (χ3n) is 6.83. The van der Waals surface area contributed by atoms with Gasteiger partial charge in [0.1, 0.15) is 0 Å². The van der Waals surface area contributed by atoms with Gasteiger partial charge < -0.3 is 5.32 Å². The summed E-state index contributed by atoms with van der Waals surface area (Å²) in [5.74, 6) is 1.56. The molecular formula is C20H24ClNO. The number of carbonyl (C=O) groups excluding carboxylic acids is 1. The number of nitrogens with one attached hydrogen (secondary N) is 1. The maximum absolute atomic E-state index is 13.1. The summed E-state index contributed by atoms with van der Waals surface area (Å²) in [6.45, 7) is 0. The van der Waals surface area contributed by atoms with Gasteiger partial charge in [0.25, 0.3) is 0 Å². The highest BCUT2D eigenvalue weighted by Gasteiger charge is 2.60. The summed E-state index contributed by atoms with van der Waals surface area (Å²) >= 11 is 6.86. The molecule has 2 unspecified atom stereocenters. The van der Waals surface area contributed by atoms with Gasteiger partial charge in [0.15, 0.2) is 0 Å². The van der Waals surface area contributed by atoms with Crippen LogP contribution in [0.4, 0.5) is 5.69 Å². The summed E-state index contributed by atoms with van der Waals surface area (Å²) in [5.41, 5.74) is 3.65. The lowest BCUT2D eigenvalue weighted by Gasteiger charge is -2.59. The van der Waals surface area contributed by atoms with E-state index in [4.69, 9.17) is 11.6 Å². The predicted octanol–water partition coefficient (Wildman–Crippen LogP) is 4.69. The van der Waals surface area contributed by atoms with Crippen LogP contribution in [0.2, 0.25) is 0 Å². The standard InChI is InChI=1S/C20H24ClNO/c21-20-10-13-6-14(11-20)9-19(8-13,12-20)18(23)22-17-5-4-15-2-1-3-16(15)7-17/h4-5,7,13-14H,1-3,6,8-12H2,(H,22,23). The Hall–Kier alpha value is -1.02. The molecule has 6 rings (SSSR count). The second kappa shape index (κ2) is 4.75. The molecular weight excluding hydrogens is 306 g/mol. The Balaban J connectivity index is 1.40. The zero-order chi connectivity index (χ0) is 15.7. The van der Waals surface area contributed by atoms with Crippen LogP contribution in [0.25, 0.3) is 0 Å². The number of carbonyl (C=O) groups is 1. The zero-order valence-electron chi connectivity index (χ0n) is 13.5. The molecule has 122 valence electrons. The Morgan fingerprint density at radius 1 is 1.09 bits per heavy atom. The number of hydrogen-bond donors (Lipinski definition) is 1. The van der Waals surface area contributed by atoms with Gasteiger partial charge in [0.2, 0.25) is 5.91 Å². The van der Waals surface area contributed by atoms with Crippen LogP contribution >= 0.6 is 11.6 Å². The predicted molar refractivity (Wildman–Crippen MR) is 92.8 cm³/mol. The number of hydrogen-bond acceptors (Lipinski definition) is 1. The van der Waals surface area contributed by atoms with Gasteiger partial charge in [-0.15, -0.1) is 11.6 Å². The van der Waals surface area contributed by atoms with Crippen molar-refractivity contribution in [2.24, 2.45) is 17.3 Å². The first-order chi connectivity index (χ1) is 11.0. The maximum Gasteiger partial charge on any atom is 0.230 e. The van der Waals surface area contributed by atoms with E-state index >= 15 is 0 Å². The zero-order valence-corrected chi connectivity index (χ0v) is 14.3. The van der Waals surface area contributed by atoms with Gasteiger partial charge in [-0.25, -0.2) is 0 Å². The minimum Gasteiger partial charge on any atom is -0.326 e. The van der Waals surface area contributed by atoms with Crippen LogP contribution in [0.15, 0.2) is 18.2 Å². The Morgan fingerprint density at radius 3 is 2.57 bits per heavy atom. The number of fused-ring (bicyclic) bond motifs is 1. The number of halogens is 1. The van der Waals surface area contributed by atoms with Crippen molar-refractivity contribution in [3.05, 3.63) is 29.3 Å². The van der Waals surface area contributed by atoms with Crippen molar-refractivity contribution in [2.45, 2.75) is 62.7 Å². The van der Waals surface area contributed by atoms with Crippen molar-refractivity contribution < 1.29 is 4.79 Å². The van der Waals surface area contributed by atoms with Crippen LogP contribution in [0, 0.1) is 17.3 Å². The molecule has 0 aromatic heterocycles. The van der Waals surface area contributed by atoms with E-state index in [-0.39, 0.29) is 16.2 Å². The van der Waals surface area contributed by atoms with Crippen LogP contribution in [0.1, 0.15) is 56.1 Å². The Bertz CT molecular complexity index is 668. The van der Waals surface area contributed by atoms with E-state index in [1.54, 1.807) is 0 Å². The fourth-order valence-corrected chi connectivity index (χ4v) is 7.02. The number of amides is 1. The van der Waals surface area contributed by atoms with Gasteiger partial charge in [-0.1, -0.05) is 6.07 Å². The summed E-state index contributed by atoms with van der Waals surface area (Å²) in [6, 6.07) is 6.47. The molecule has 1 aromatic rings. The molecule has 1 aromatic carbocycles. The van der Waals surface area contributed by atoms with Gasteiger partial charge in [-0.05, 0) is 92.9 Å². The average molecular weight is 330 g/mol. The van der Waals surface area contributed by atoms with Gasteiger partial charge in [-0.3, -0.25) is 4.79 Å². The molecule has 4 fully saturated rings. The summed E-state index contributed by atoms with van der Waals surface area (Å²) in [4.78, 5) is 13.0. The van der Waals surface area contributed by atoms with E-state index < -0.39 is 0 Å². The second-order valence-electron chi connectivity index (χ2n) is 8.68. The van der Waals surface area contributed by atoms with Crippen LogP contribution in [-0.4, -0.2) is 10.8 Å². The molecule has 5 aliphatic rings. The molecule has 3 heteroatoms. The molecule has 4 bridgehead atoms. The summed E-state index contributed by atoms with van der Waals surface area (Å²) in [5, 5.41) is 3.25. The van der Waals surface area contributed by atoms with Crippen molar-refractivity contribution in [2.75, 3.05) is 5.32 Å². The molecule has 2 nitrogen and oxygen atoms in total. The molecule has 0 heterocycles. The lowest BCUT2D eigenvalue weighted by molar-refractivity contribution is -0.138. The average Bonchev–Trinajstić information content (AvgIpc) is 2.92. The SMILES string of the molecule is O=C(Nc1ccc2c(c1)CCC2)C12CC3CC(CC(Cl)(C3)C1)C2. The first kappa shape index (κ1) is 14.3. The van der Waals surface area contributed by atoms with E-state index in [1.807, 2.05) is 0 Å². The fourth-order valence-electron chi connectivity index (χ4n) is 6.33. The Kier molecular flexibility index (Phi) is 2.96. The van der Waals surface area contributed by atoms with Crippen LogP contribution in [0.5, 0.6) is 0 Å². The van der Waals surface area contributed by atoms with Crippen molar-refractivity contribution in [1.29, 1.82) is 0 Å². The molecule has 2 atom stereocenters. The molecule has 1 N–H and O–H groups in total. The smallest absolute Gasteiger partial charge is 0.230 e. The molecule has 23 heavy (non-hydrogen) atoms. The van der Waals surface area contributed by atoms with Gasteiger partial charge in [0.05, 0.1) is 5.41 Å². The third-order valence-corrected chi connectivity index (χ3v) is 7.27. The van der Waals surface area contributed by atoms with Crippen LogP contribution < -0.4 is 5.32 Å². The highest BCUT2D eigenvalue weighted by Crippen LogP contribution is 2.64. The number of benzene rings is 1. The summed E-state index contributed by atoms with van der Waals surface area (Å²) in [6.07, 6.45) is 10.1. The lowest BCUT2D eigenvalue weighted by atomic mass is 9.49. The largest absolute Gasteiger partial charge is 0.326 e. The quantitative estimate of drug-likeness (QED) is 0.783. The first-order valence-electron chi connectivity index (χ1n) is 9.16. The second-order valence-corrected chi connectivity index (χ2v) is 9.49. The van der Waals surface area contributed by atoms with Crippen molar-refractivity contribution in [1.82, 2.24) is 0 Å². The minimum atomic E-state index is -0.204. The van der Waals surface area contributed by atoms with Crippen molar-refractivity contribution >= 4 is 23.2 Å². The molecule has 0 spiro atoms. The Labute approximate surface area is 143 Å². The highest BCUT2D eigenvalue weighted by molar-refractivity contribution is 6.24. The number of anilines is 1. The van der Waals surface area contributed by atoms with E-state index in [0.717, 1.165) is 44.2 Å². The molecule has 0 aliphatic heterocycles. The minimum absolute atomic E-state index is 0.0979. The molecule has 0 radical (unpaired) electrons. The first-order valence-corrected chi connectivity index (χ1v) is 9.54. The maximum atomic E-state index is 13.1. The van der Waals surface area contributed by atoms with Crippen molar-refractivity contribution in [3.63, 3.8) is 0 Å². The van der Waals surface area contributed by atoms with E-state index in [1.165, 1.54) is 30.4 Å². The molecule has 5 aliphatic carbocycles. The highest BCUT2D eigenvalue weighted by atomic mass is 35.5. The van der Waals surface area contributed by atoms with Crippen molar-refractivity contribution in [3.8, 4) is 0 Å². The van der Waals surface area contributed by atoms with Gasteiger partial charge in [0, 0.05) is 10.6 Å². The summed E-state index contributed by atoms with van der Waals surface area (Å²) < 4.78 is 0. The molecule has 0 saturated heterocycles. The van der Waals surface area contributed by atoms with Crippen LogP contribution in [-0.2, 0) is 17.6 Å². The number of aryl methyl sites for hydroxylation is 2. The molecule has 1 amide bonds. The van der Waals surface area contributed by atoms with E-state index in [0.29, 0.717) is 11.8 Å². The fraction of sp³-hybridized carbons (Fsp3) is 0.650. The number of rotatable bonds is 2.